The van der Waals surface area contributed by atoms with Crippen LogP contribution < -0.4 is 5.32 Å². The molecule has 1 atom stereocenters. The van der Waals surface area contributed by atoms with Gasteiger partial charge in [0.2, 0.25) is 5.91 Å². The fraction of sp³-hybridized carbons (Fsp3) is 0.167. The quantitative estimate of drug-likeness (QED) is 0.478. The number of imide groups is 1. The summed E-state index contributed by atoms with van der Waals surface area (Å²) >= 11 is 5.89. The van der Waals surface area contributed by atoms with Crippen LogP contribution in [0.4, 0.5) is 0 Å². The van der Waals surface area contributed by atoms with E-state index in [2.05, 4.69) is 10.3 Å². The summed E-state index contributed by atoms with van der Waals surface area (Å²) in [5, 5.41) is 1.93. The third kappa shape index (κ3) is 4.71. The molecule has 0 fully saturated rings. The van der Waals surface area contributed by atoms with Crippen molar-refractivity contribution in [1.29, 1.82) is 0 Å². The number of benzene rings is 2. The molecule has 0 aliphatic carbocycles. The van der Waals surface area contributed by atoms with Crippen molar-refractivity contribution in [2.45, 2.75) is 16.6 Å². The van der Waals surface area contributed by atoms with Crippen molar-refractivity contribution in [2.24, 2.45) is 0 Å². The zero-order chi connectivity index (χ0) is 24.3. The molecule has 8 nitrogen and oxygen atoms in total. The molecule has 4 rings (SSSR count). The van der Waals surface area contributed by atoms with Crippen LogP contribution in [-0.2, 0) is 14.6 Å². The molecule has 1 aliphatic heterocycles. The molecule has 10 heteroatoms. The number of aromatic nitrogens is 1. The maximum atomic E-state index is 13.3. The predicted molar refractivity (Wildman–Crippen MR) is 125 cm³/mol. The van der Waals surface area contributed by atoms with Crippen LogP contribution in [0.2, 0.25) is 5.02 Å². The highest BCUT2D eigenvalue weighted by molar-refractivity contribution is 7.91. The van der Waals surface area contributed by atoms with Crippen molar-refractivity contribution in [3.05, 3.63) is 94.8 Å². The van der Waals surface area contributed by atoms with Crippen molar-refractivity contribution >= 4 is 39.2 Å². The zero-order valence-corrected chi connectivity index (χ0v) is 19.4. The zero-order valence-electron chi connectivity index (χ0n) is 17.8. The second kappa shape index (κ2) is 9.74. The third-order valence-corrected chi connectivity index (χ3v) is 7.87. The second-order valence-corrected chi connectivity index (χ2v) is 10.2. The van der Waals surface area contributed by atoms with E-state index in [4.69, 9.17) is 11.6 Å². The van der Waals surface area contributed by atoms with Gasteiger partial charge in [0, 0.05) is 36.9 Å². The maximum absolute atomic E-state index is 13.3. The number of hydrogen-bond donors (Lipinski definition) is 1. The molecule has 1 N–H and O–H groups in total. The highest BCUT2D eigenvalue weighted by Crippen LogP contribution is 2.29. The lowest BCUT2D eigenvalue weighted by molar-refractivity contribution is -0.121. The van der Waals surface area contributed by atoms with Crippen LogP contribution in [0.5, 0.6) is 0 Å². The van der Waals surface area contributed by atoms with Gasteiger partial charge in [-0.25, -0.2) is 8.42 Å². The first-order valence-electron chi connectivity index (χ1n) is 10.4. The molecule has 2 aromatic carbocycles. The minimum Gasteiger partial charge on any atom is -0.354 e. The lowest BCUT2D eigenvalue weighted by Crippen LogP contribution is -2.36. The van der Waals surface area contributed by atoms with Gasteiger partial charge in [0.15, 0.2) is 9.84 Å². The number of amides is 3. The van der Waals surface area contributed by atoms with E-state index in [1.807, 2.05) is 0 Å². The minimum atomic E-state index is -3.88. The van der Waals surface area contributed by atoms with Crippen molar-refractivity contribution in [1.82, 2.24) is 15.2 Å². The van der Waals surface area contributed by atoms with Gasteiger partial charge in [0.25, 0.3) is 11.8 Å². The highest BCUT2D eigenvalue weighted by Gasteiger charge is 2.35. The molecule has 1 aromatic heterocycles. The van der Waals surface area contributed by atoms with Crippen LogP contribution in [0.15, 0.2) is 78.0 Å². The molecule has 0 bridgehead atoms. The first-order chi connectivity index (χ1) is 16.3. The number of nitrogens with zero attached hydrogens (tertiary/aromatic N) is 2. The van der Waals surface area contributed by atoms with E-state index in [1.54, 1.807) is 36.4 Å². The Morgan fingerprint density at radius 1 is 0.971 bits per heavy atom. The number of carbonyl (C=O) groups excluding carboxylic acids is 3. The monoisotopic (exact) mass is 497 g/mol. The summed E-state index contributed by atoms with van der Waals surface area (Å²) in [6.07, 6.45) is 2.80. The topological polar surface area (TPSA) is 114 Å². The van der Waals surface area contributed by atoms with Gasteiger partial charge in [-0.15, -0.1) is 0 Å². The number of pyridine rings is 1. The lowest BCUT2D eigenvalue weighted by Gasteiger charge is -2.19. The summed E-state index contributed by atoms with van der Waals surface area (Å²) in [4.78, 5) is 42.5. The number of sulfone groups is 1. The van der Waals surface area contributed by atoms with Gasteiger partial charge in [-0.3, -0.25) is 24.3 Å². The molecule has 34 heavy (non-hydrogen) atoms. The molecule has 3 amide bonds. The Balaban J connectivity index is 1.45. The Morgan fingerprint density at radius 2 is 1.62 bits per heavy atom. The molecule has 0 saturated carbocycles. The fourth-order valence-electron chi connectivity index (χ4n) is 3.71. The predicted octanol–water partition coefficient (Wildman–Crippen LogP) is 3.05. The second-order valence-electron chi connectivity index (χ2n) is 7.64. The van der Waals surface area contributed by atoms with Crippen LogP contribution in [0, 0.1) is 0 Å². The first-order valence-corrected chi connectivity index (χ1v) is 12.3. The first kappa shape index (κ1) is 23.6. The minimum absolute atomic E-state index is 0.0611. The molecule has 0 saturated heterocycles. The number of fused-ring (bicyclic) bond motifs is 1. The van der Waals surface area contributed by atoms with Gasteiger partial charge in [-0.2, -0.15) is 0 Å². The summed E-state index contributed by atoms with van der Waals surface area (Å²) < 4.78 is 26.6. The Kier molecular flexibility index (Phi) is 6.76. The number of halogens is 1. The van der Waals surface area contributed by atoms with Crippen LogP contribution in [0.25, 0.3) is 0 Å². The smallest absolute Gasteiger partial charge is 0.261 e. The van der Waals surface area contributed by atoms with Crippen molar-refractivity contribution in [3.8, 4) is 0 Å². The Labute approximate surface area is 201 Å². The average Bonchev–Trinajstić information content (AvgIpc) is 3.08. The number of carbonyl (C=O) groups is 3. The molecule has 0 radical (unpaired) electrons. The Morgan fingerprint density at radius 3 is 2.21 bits per heavy atom. The third-order valence-electron chi connectivity index (χ3n) is 5.50. The van der Waals surface area contributed by atoms with E-state index in [1.165, 1.54) is 36.7 Å². The highest BCUT2D eigenvalue weighted by atomic mass is 35.5. The molecule has 2 heterocycles. The van der Waals surface area contributed by atoms with Gasteiger partial charge in [-0.1, -0.05) is 29.8 Å². The number of nitrogens with one attached hydrogen (secondary N) is 1. The Bertz CT molecular complexity index is 1310. The average molecular weight is 498 g/mol. The maximum Gasteiger partial charge on any atom is 0.261 e. The summed E-state index contributed by atoms with van der Waals surface area (Å²) in [5.74, 6) is -1.39. The van der Waals surface area contributed by atoms with E-state index in [0.717, 1.165) is 4.90 Å². The van der Waals surface area contributed by atoms with E-state index < -0.39 is 32.8 Å². The van der Waals surface area contributed by atoms with Crippen LogP contribution in [0.1, 0.15) is 38.0 Å². The van der Waals surface area contributed by atoms with Crippen LogP contribution in [-0.4, -0.2) is 49.1 Å². The molecular formula is C24H20ClN3O5S. The fourth-order valence-corrected chi connectivity index (χ4v) is 5.48. The number of rotatable bonds is 8. The van der Waals surface area contributed by atoms with Crippen LogP contribution >= 0.6 is 11.6 Å². The Hall–Kier alpha value is -3.56. The van der Waals surface area contributed by atoms with Gasteiger partial charge in [0.05, 0.1) is 16.0 Å². The van der Waals surface area contributed by atoms with Gasteiger partial charge < -0.3 is 5.32 Å². The van der Waals surface area contributed by atoms with Crippen molar-refractivity contribution in [3.63, 3.8) is 0 Å². The van der Waals surface area contributed by atoms with E-state index in [0.29, 0.717) is 21.7 Å². The van der Waals surface area contributed by atoms with E-state index >= 15 is 0 Å². The van der Waals surface area contributed by atoms with Gasteiger partial charge >= 0.3 is 0 Å². The summed E-state index contributed by atoms with van der Waals surface area (Å²) in [6.45, 7) is -0.322. The van der Waals surface area contributed by atoms with E-state index in [9.17, 15) is 22.8 Å². The molecule has 174 valence electrons. The summed E-state index contributed by atoms with van der Waals surface area (Å²) in [6, 6.07) is 15.5. The van der Waals surface area contributed by atoms with Gasteiger partial charge in [-0.05, 0) is 48.0 Å². The summed E-state index contributed by atoms with van der Waals surface area (Å²) in [7, 11) is -3.88. The molecular weight excluding hydrogens is 478 g/mol. The number of hydrogen-bond acceptors (Lipinski definition) is 6. The molecule has 0 spiro atoms. The molecule has 1 unspecified atom stereocenters. The van der Waals surface area contributed by atoms with E-state index in [-0.39, 0.29) is 24.4 Å². The normalized spacial score (nSPS) is 14.1. The lowest BCUT2D eigenvalue weighted by atomic mass is 10.1. The molecule has 3 aromatic rings. The largest absolute Gasteiger partial charge is 0.354 e. The SMILES string of the molecule is O=C(CCN1C(=O)c2ccccc2C1=O)NCC(c1cccnc1)S(=O)(=O)c1ccc(Cl)cc1. The summed E-state index contributed by atoms with van der Waals surface area (Å²) in [5.41, 5.74) is 1.02. The van der Waals surface area contributed by atoms with Crippen molar-refractivity contribution < 1.29 is 22.8 Å². The van der Waals surface area contributed by atoms with Gasteiger partial charge in [0.1, 0.15) is 5.25 Å². The van der Waals surface area contributed by atoms with Crippen LogP contribution in [0.3, 0.4) is 0 Å². The standard InChI is InChI=1S/C24H20ClN3O5S/c25-17-7-9-18(10-8-17)34(32,33)21(16-4-3-12-26-14-16)15-27-22(29)11-13-28-23(30)19-5-1-2-6-20(19)24(28)31/h1-10,12,14,21H,11,13,15H2,(H,27,29). The van der Waals surface area contributed by atoms with Crippen molar-refractivity contribution in [2.75, 3.05) is 13.1 Å². The molecule has 1 aliphatic rings.